The van der Waals surface area contributed by atoms with Crippen molar-refractivity contribution in [2.45, 2.75) is 33.4 Å². The lowest BCUT2D eigenvalue weighted by Crippen LogP contribution is -2.22. The largest absolute Gasteiger partial charge is 0.423 e. The summed E-state index contributed by atoms with van der Waals surface area (Å²) in [6.45, 7) is 6.75. The minimum atomic E-state index is -0.373. The fourth-order valence-corrected chi connectivity index (χ4v) is 1.99. The van der Waals surface area contributed by atoms with E-state index < -0.39 is 0 Å². The van der Waals surface area contributed by atoms with Crippen LogP contribution in [0, 0.1) is 12.7 Å². The van der Waals surface area contributed by atoms with Gasteiger partial charge in [0, 0.05) is 36.1 Å². The zero-order valence-electron chi connectivity index (χ0n) is 12.2. The highest BCUT2D eigenvalue weighted by Crippen LogP contribution is 2.28. The first-order valence-electron chi connectivity index (χ1n) is 6.64. The fraction of sp³-hybridized carbons (Fsp3) is 0.333. The summed E-state index contributed by atoms with van der Waals surface area (Å²) in [4.78, 5) is 8.47. The molecule has 0 amide bonds. The molecule has 1 aromatic carbocycles. The second-order valence-electron chi connectivity index (χ2n) is 4.98. The minimum Gasteiger partial charge on any atom is -0.423 e. The van der Waals surface area contributed by atoms with Crippen molar-refractivity contribution in [2.75, 3.05) is 0 Å². The average molecular weight is 354 g/mol. The SMILES string of the molecule is Cc1nc(Oc2cc(F)ccc2Br)ncc1CNC(C)C. The molecule has 0 spiro atoms. The maximum Gasteiger partial charge on any atom is 0.322 e. The van der Waals surface area contributed by atoms with Crippen molar-refractivity contribution in [1.29, 1.82) is 0 Å². The van der Waals surface area contributed by atoms with Crippen molar-refractivity contribution < 1.29 is 9.13 Å². The van der Waals surface area contributed by atoms with E-state index in [-0.39, 0.29) is 11.8 Å². The number of hydrogen-bond acceptors (Lipinski definition) is 4. The van der Waals surface area contributed by atoms with Crippen LogP contribution < -0.4 is 10.1 Å². The van der Waals surface area contributed by atoms with E-state index in [4.69, 9.17) is 4.74 Å². The van der Waals surface area contributed by atoms with Crippen LogP contribution in [0.2, 0.25) is 0 Å². The maximum absolute atomic E-state index is 13.2. The van der Waals surface area contributed by atoms with E-state index in [1.807, 2.05) is 6.92 Å². The lowest BCUT2D eigenvalue weighted by molar-refractivity contribution is 0.432. The standard InChI is InChI=1S/C15H17BrFN3O/c1-9(2)18-7-11-8-19-15(20-10(11)3)21-14-6-12(17)4-5-13(14)16/h4-6,8-9,18H,7H2,1-3H3. The smallest absolute Gasteiger partial charge is 0.322 e. The van der Waals surface area contributed by atoms with Gasteiger partial charge in [0.1, 0.15) is 11.6 Å². The van der Waals surface area contributed by atoms with Crippen molar-refractivity contribution >= 4 is 15.9 Å². The van der Waals surface area contributed by atoms with Crippen LogP contribution in [0.25, 0.3) is 0 Å². The first-order valence-corrected chi connectivity index (χ1v) is 7.44. The van der Waals surface area contributed by atoms with E-state index in [1.165, 1.54) is 12.1 Å². The molecule has 0 fully saturated rings. The third-order valence-corrected chi connectivity index (χ3v) is 3.51. The highest BCUT2D eigenvalue weighted by Gasteiger charge is 2.09. The van der Waals surface area contributed by atoms with Gasteiger partial charge >= 0.3 is 6.01 Å². The second-order valence-corrected chi connectivity index (χ2v) is 5.83. The van der Waals surface area contributed by atoms with Crippen LogP contribution in [-0.2, 0) is 6.54 Å². The molecule has 0 aliphatic rings. The molecular weight excluding hydrogens is 337 g/mol. The van der Waals surface area contributed by atoms with E-state index in [1.54, 1.807) is 12.3 Å². The molecule has 112 valence electrons. The molecule has 0 saturated heterocycles. The van der Waals surface area contributed by atoms with Crippen molar-refractivity contribution in [3.63, 3.8) is 0 Å². The van der Waals surface area contributed by atoms with Gasteiger partial charge in [-0.25, -0.2) is 9.37 Å². The van der Waals surface area contributed by atoms with Crippen LogP contribution in [-0.4, -0.2) is 16.0 Å². The van der Waals surface area contributed by atoms with Gasteiger partial charge in [0.05, 0.1) is 4.47 Å². The normalized spacial score (nSPS) is 11.0. The summed E-state index contributed by atoms with van der Waals surface area (Å²) in [6.07, 6.45) is 1.72. The van der Waals surface area contributed by atoms with Crippen molar-refractivity contribution in [2.24, 2.45) is 0 Å². The summed E-state index contributed by atoms with van der Waals surface area (Å²) >= 11 is 3.30. The molecule has 1 aromatic heterocycles. The molecule has 2 aromatic rings. The summed E-state index contributed by atoms with van der Waals surface area (Å²) in [5, 5.41) is 3.31. The number of aryl methyl sites for hydroxylation is 1. The van der Waals surface area contributed by atoms with Crippen LogP contribution in [0.15, 0.2) is 28.9 Å². The number of ether oxygens (including phenoxy) is 1. The lowest BCUT2D eigenvalue weighted by atomic mass is 10.2. The molecule has 6 heteroatoms. The number of aromatic nitrogens is 2. The van der Waals surface area contributed by atoms with E-state index in [2.05, 4.69) is 45.1 Å². The van der Waals surface area contributed by atoms with Crippen LogP contribution >= 0.6 is 15.9 Å². The molecule has 1 N–H and O–H groups in total. The van der Waals surface area contributed by atoms with Gasteiger partial charge < -0.3 is 10.1 Å². The molecule has 1 heterocycles. The van der Waals surface area contributed by atoms with Gasteiger partial charge in [0.25, 0.3) is 0 Å². The number of nitrogens with one attached hydrogen (secondary N) is 1. The Labute approximate surface area is 131 Å². The quantitative estimate of drug-likeness (QED) is 0.883. The van der Waals surface area contributed by atoms with Crippen molar-refractivity contribution in [1.82, 2.24) is 15.3 Å². The molecule has 2 rings (SSSR count). The van der Waals surface area contributed by atoms with Gasteiger partial charge in [0.15, 0.2) is 0 Å². The Balaban J connectivity index is 2.14. The first-order chi connectivity index (χ1) is 9.95. The third kappa shape index (κ3) is 4.47. The maximum atomic E-state index is 13.2. The number of hydrogen-bond donors (Lipinski definition) is 1. The number of rotatable bonds is 5. The van der Waals surface area contributed by atoms with Gasteiger partial charge in [-0.05, 0) is 35.0 Å². The van der Waals surface area contributed by atoms with Gasteiger partial charge in [-0.1, -0.05) is 13.8 Å². The molecule has 4 nitrogen and oxygen atoms in total. The average Bonchev–Trinajstić information content (AvgIpc) is 2.42. The summed E-state index contributed by atoms with van der Waals surface area (Å²) < 4.78 is 19.4. The minimum absolute atomic E-state index is 0.201. The molecule has 0 radical (unpaired) electrons. The molecule has 0 unspecified atom stereocenters. The monoisotopic (exact) mass is 353 g/mol. The molecule has 21 heavy (non-hydrogen) atoms. The zero-order chi connectivity index (χ0) is 15.4. The summed E-state index contributed by atoms with van der Waals surface area (Å²) in [5.74, 6) is -0.0230. The third-order valence-electron chi connectivity index (χ3n) is 2.85. The molecule has 0 saturated carbocycles. The van der Waals surface area contributed by atoms with Gasteiger partial charge in [-0.3, -0.25) is 0 Å². The zero-order valence-corrected chi connectivity index (χ0v) is 13.7. The van der Waals surface area contributed by atoms with Crippen LogP contribution in [0.3, 0.4) is 0 Å². The Morgan fingerprint density at radius 3 is 2.81 bits per heavy atom. The van der Waals surface area contributed by atoms with Crippen LogP contribution in [0.1, 0.15) is 25.1 Å². The van der Waals surface area contributed by atoms with Gasteiger partial charge in [-0.15, -0.1) is 0 Å². The van der Waals surface area contributed by atoms with Crippen molar-refractivity contribution in [3.8, 4) is 11.8 Å². The summed E-state index contributed by atoms with van der Waals surface area (Å²) in [5.41, 5.74) is 1.84. The fourth-order valence-electron chi connectivity index (χ4n) is 1.66. The molecule has 0 aliphatic heterocycles. The van der Waals surface area contributed by atoms with Crippen LogP contribution in [0.4, 0.5) is 4.39 Å². The Morgan fingerprint density at radius 2 is 2.14 bits per heavy atom. The molecule has 0 bridgehead atoms. The Kier molecular flexibility index (Phi) is 5.25. The molecule has 0 aliphatic carbocycles. The van der Waals surface area contributed by atoms with Crippen LogP contribution in [0.5, 0.6) is 11.8 Å². The Morgan fingerprint density at radius 1 is 1.38 bits per heavy atom. The topological polar surface area (TPSA) is 47.0 Å². The predicted molar refractivity (Wildman–Crippen MR) is 82.9 cm³/mol. The first kappa shape index (κ1) is 15.9. The number of nitrogens with zero attached hydrogens (tertiary/aromatic N) is 2. The number of benzene rings is 1. The summed E-state index contributed by atoms with van der Waals surface area (Å²) in [7, 11) is 0. The van der Waals surface area contributed by atoms with E-state index in [9.17, 15) is 4.39 Å². The van der Waals surface area contributed by atoms with Crippen molar-refractivity contribution in [3.05, 3.63) is 45.9 Å². The molecule has 0 atom stereocenters. The Bertz CT molecular complexity index is 634. The van der Waals surface area contributed by atoms with E-state index in [0.29, 0.717) is 22.8 Å². The summed E-state index contributed by atoms with van der Waals surface area (Å²) in [6, 6.07) is 4.81. The van der Waals surface area contributed by atoms with E-state index >= 15 is 0 Å². The predicted octanol–water partition coefficient (Wildman–Crippen LogP) is 3.98. The Hall–Kier alpha value is -1.53. The second kappa shape index (κ2) is 6.95. The highest BCUT2D eigenvalue weighted by molar-refractivity contribution is 9.10. The number of halogens is 2. The highest BCUT2D eigenvalue weighted by atomic mass is 79.9. The van der Waals surface area contributed by atoms with Gasteiger partial charge in [0.2, 0.25) is 0 Å². The van der Waals surface area contributed by atoms with E-state index in [0.717, 1.165) is 11.3 Å². The van der Waals surface area contributed by atoms with Gasteiger partial charge in [-0.2, -0.15) is 4.98 Å². The lowest BCUT2D eigenvalue weighted by Gasteiger charge is -2.11. The molecular formula is C15H17BrFN3O.